The van der Waals surface area contributed by atoms with Crippen molar-refractivity contribution in [2.75, 3.05) is 5.32 Å². The smallest absolute Gasteiger partial charge is 0.106 e. The van der Waals surface area contributed by atoms with Gasteiger partial charge in [0.15, 0.2) is 0 Å². The van der Waals surface area contributed by atoms with E-state index in [9.17, 15) is 0 Å². The molecular weight excluding hydrogens is 324 g/mol. The van der Waals surface area contributed by atoms with Gasteiger partial charge in [0.05, 0.1) is 17.4 Å². The maximum Gasteiger partial charge on any atom is 0.106 e. The zero-order chi connectivity index (χ0) is 13.4. The third-order valence-electron chi connectivity index (χ3n) is 3.56. The number of fused-ring (bicyclic) bond motifs is 1. The van der Waals surface area contributed by atoms with Gasteiger partial charge in [-0.25, -0.2) is 4.98 Å². The molecule has 1 atom stereocenters. The lowest BCUT2D eigenvalue weighted by molar-refractivity contribution is 0.760. The number of anilines is 1. The summed E-state index contributed by atoms with van der Waals surface area (Å²) in [6, 6.07) is 10.6. The van der Waals surface area contributed by atoms with Crippen molar-refractivity contribution in [3.05, 3.63) is 56.8 Å². The molecular formula is C15H14BrClN2. The summed E-state index contributed by atoms with van der Waals surface area (Å²) in [4.78, 5) is 4.42. The highest BCUT2D eigenvalue weighted by molar-refractivity contribution is 9.10. The van der Waals surface area contributed by atoms with Crippen LogP contribution in [0.3, 0.4) is 0 Å². The molecule has 0 fully saturated rings. The first kappa shape index (κ1) is 12.9. The lowest BCUT2D eigenvalue weighted by Gasteiger charge is -2.17. The number of hydrogen-bond acceptors (Lipinski definition) is 2. The molecule has 1 aromatic carbocycles. The van der Waals surface area contributed by atoms with Gasteiger partial charge in [-0.05, 0) is 71.1 Å². The van der Waals surface area contributed by atoms with E-state index in [4.69, 9.17) is 11.6 Å². The second-order valence-electron chi connectivity index (χ2n) is 4.85. The Balaban J connectivity index is 1.86. The maximum absolute atomic E-state index is 6.04. The molecule has 1 aliphatic rings. The number of hydrogen-bond donors (Lipinski definition) is 1. The summed E-state index contributed by atoms with van der Waals surface area (Å²) in [5, 5.41) is 4.41. The van der Waals surface area contributed by atoms with Crippen LogP contribution in [-0.2, 0) is 6.42 Å². The van der Waals surface area contributed by atoms with Crippen LogP contribution in [0, 0.1) is 6.92 Å². The summed E-state index contributed by atoms with van der Waals surface area (Å²) in [6.45, 7) is 2.02. The van der Waals surface area contributed by atoms with Crippen molar-refractivity contribution >= 4 is 33.2 Å². The van der Waals surface area contributed by atoms with Gasteiger partial charge >= 0.3 is 0 Å². The fourth-order valence-electron chi connectivity index (χ4n) is 2.61. The van der Waals surface area contributed by atoms with Gasteiger partial charge in [0, 0.05) is 5.02 Å². The lowest BCUT2D eigenvalue weighted by atomic mass is 10.1. The van der Waals surface area contributed by atoms with Crippen molar-refractivity contribution in [1.82, 2.24) is 4.98 Å². The Morgan fingerprint density at radius 2 is 2.16 bits per heavy atom. The summed E-state index contributed by atoms with van der Waals surface area (Å²) in [6.07, 6.45) is 2.18. The summed E-state index contributed by atoms with van der Waals surface area (Å²) in [7, 11) is 0. The van der Waals surface area contributed by atoms with E-state index in [1.807, 2.05) is 19.1 Å². The number of halogens is 2. The van der Waals surface area contributed by atoms with Crippen molar-refractivity contribution in [2.24, 2.45) is 0 Å². The van der Waals surface area contributed by atoms with E-state index in [-0.39, 0.29) is 0 Å². The molecule has 2 aromatic rings. The molecule has 0 bridgehead atoms. The van der Waals surface area contributed by atoms with E-state index in [0.717, 1.165) is 33.8 Å². The van der Waals surface area contributed by atoms with Crippen LogP contribution in [0.4, 0.5) is 5.69 Å². The quantitative estimate of drug-likeness (QED) is 0.788. The Bertz CT molecular complexity index is 628. The summed E-state index contributed by atoms with van der Waals surface area (Å²) in [5.74, 6) is 0. The van der Waals surface area contributed by atoms with Crippen LogP contribution >= 0.6 is 27.5 Å². The van der Waals surface area contributed by atoms with Crippen LogP contribution < -0.4 is 5.32 Å². The molecule has 1 N–H and O–H groups in total. The predicted octanol–water partition coefficient (Wildman–Crippen LogP) is 4.91. The van der Waals surface area contributed by atoms with Crippen molar-refractivity contribution in [2.45, 2.75) is 25.8 Å². The Hall–Kier alpha value is -1.06. The van der Waals surface area contributed by atoms with E-state index < -0.39 is 0 Å². The molecule has 0 spiro atoms. The summed E-state index contributed by atoms with van der Waals surface area (Å²) >= 11 is 9.43. The minimum absolute atomic E-state index is 0.356. The average molecular weight is 338 g/mol. The second kappa shape index (κ2) is 5.14. The number of nitrogens with one attached hydrogen (secondary N) is 1. The highest BCUT2D eigenvalue weighted by Gasteiger charge is 2.22. The Morgan fingerprint density at radius 1 is 1.32 bits per heavy atom. The zero-order valence-corrected chi connectivity index (χ0v) is 12.9. The molecule has 1 heterocycles. The van der Waals surface area contributed by atoms with Gasteiger partial charge in [0.2, 0.25) is 0 Å². The number of rotatable bonds is 2. The fraction of sp³-hybridized carbons (Fsp3) is 0.267. The highest BCUT2D eigenvalue weighted by Crippen LogP contribution is 2.35. The topological polar surface area (TPSA) is 24.9 Å². The van der Waals surface area contributed by atoms with Gasteiger partial charge in [0.1, 0.15) is 4.60 Å². The molecule has 0 aliphatic heterocycles. The lowest BCUT2D eigenvalue weighted by Crippen LogP contribution is -2.08. The van der Waals surface area contributed by atoms with Crippen LogP contribution in [0.2, 0.25) is 5.02 Å². The highest BCUT2D eigenvalue weighted by atomic mass is 79.9. The Kier molecular flexibility index (Phi) is 3.50. The zero-order valence-electron chi connectivity index (χ0n) is 10.6. The SMILES string of the molecule is Cc1nc(Br)ccc1NC1CCc2cc(Cl)ccc21. The van der Waals surface area contributed by atoms with Gasteiger partial charge in [-0.2, -0.15) is 0 Å². The number of benzene rings is 1. The largest absolute Gasteiger partial charge is 0.377 e. The van der Waals surface area contributed by atoms with Crippen molar-refractivity contribution in [1.29, 1.82) is 0 Å². The molecule has 0 saturated carbocycles. The van der Waals surface area contributed by atoms with Gasteiger partial charge in [-0.15, -0.1) is 0 Å². The fourth-order valence-corrected chi connectivity index (χ4v) is 3.20. The molecule has 2 nitrogen and oxygen atoms in total. The molecule has 1 unspecified atom stereocenters. The molecule has 4 heteroatoms. The number of nitrogens with zero attached hydrogens (tertiary/aromatic N) is 1. The molecule has 1 aliphatic carbocycles. The van der Waals surface area contributed by atoms with E-state index in [1.165, 1.54) is 11.1 Å². The third kappa shape index (κ3) is 2.63. The standard InChI is InChI=1S/C15H14BrClN2/c1-9-13(6-7-15(16)18-9)19-14-5-2-10-8-11(17)3-4-12(10)14/h3-4,6-8,14,19H,2,5H2,1H3. The second-order valence-corrected chi connectivity index (χ2v) is 6.09. The van der Waals surface area contributed by atoms with Crippen LogP contribution in [0.5, 0.6) is 0 Å². The molecule has 0 amide bonds. The number of aryl methyl sites for hydroxylation is 2. The van der Waals surface area contributed by atoms with Crippen LogP contribution in [0.15, 0.2) is 34.9 Å². The van der Waals surface area contributed by atoms with Crippen molar-refractivity contribution < 1.29 is 0 Å². The average Bonchev–Trinajstić information content (AvgIpc) is 2.75. The number of pyridine rings is 1. The van der Waals surface area contributed by atoms with Crippen LogP contribution in [0.25, 0.3) is 0 Å². The first-order chi connectivity index (χ1) is 9.13. The van der Waals surface area contributed by atoms with Gasteiger partial charge in [-0.1, -0.05) is 17.7 Å². The molecule has 3 rings (SSSR count). The molecule has 1 aromatic heterocycles. The van der Waals surface area contributed by atoms with Gasteiger partial charge in [0.25, 0.3) is 0 Å². The van der Waals surface area contributed by atoms with Crippen molar-refractivity contribution in [3.8, 4) is 0 Å². The monoisotopic (exact) mass is 336 g/mol. The minimum Gasteiger partial charge on any atom is -0.377 e. The predicted molar refractivity (Wildman–Crippen MR) is 82.8 cm³/mol. The minimum atomic E-state index is 0.356. The van der Waals surface area contributed by atoms with E-state index in [2.05, 4.69) is 44.4 Å². The van der Waals surface area contributed by atoms with Crippen LogP contribution in [-0.4, -0.2) is 4.98 Å². The summed E-state index contributed by atoms with van der Waals surface area (Å²) in [5.41, 5.74) is 4.81. The molecule has 0 radical (unpaired) electrons. The first-order valence-corrected chi connectivity index (χ1v) is 7.48. The Labute approximate surface area is 126 Å². The van der Waals surface area contributed by atoms with Gasteiger partial charge < -0.3 is 5.32 Å². The molecule has 0 saturated heterocycles. The maximum atomic E-state index is 6.04. The normalized spacial score (nSPS) is 17.3. The van der Waals surface area contributed by atoms with Crippen molar-refractivity contribution in [3.63, 3.8) is 0 Å². The van der Waals surface area contributed by atoms with E-state index >= 15 is 0 Å². The first-order valence-electron chi connectivity index (χ1n) is 6.31. The molecule has 19 heavy (non-hydrogen) atoms. The van der Waals surface area contributed by atoms with Crippen LogP contribution in [0.1, 0.15) is 29.3 Å². The van der Waals surface area contributed by atoms with Gasteiger partial charge in [-0.3, -0.25) is 0 Å². The number of aromatic nitrogens is 1. The third-order valence-corrected chi connectivity index (χ3v) is 4.24. The van der Waals surface area contributed by atoms with E-state index in [1.54, 1.807) is 0 Å². The Morgan fingerprint density at radius 3 is 2.95 bits per heavy atom. The molecule has 98 valence electrons. The summed E-state index contributed by atoms with van der Waals surface area (Å²) < 4.78 is 0.870. The van der Waals surface area contributed by atoms with E-state index in [0.29, 0.717) is 6.04 Å².